The van der Waals surface area contributed by atoms with Gasteiger partial charge in [0, 0.05) is 11.6 Å². The highest BCUT2D eigenvalue weighted by atomic mass is 16.5. The lowest BCUT2D eigenvalue weighted by molar-refractivity contribution is 0.405. The summed E-state index contributed by atoms with van der Waals surface area (Å²) in [5.41, 5.74) is 8.28. The maximum atomic E-state index is 5.96. The molecule has 13 heavy (non-hydrogen) atoms. The van der Waals surface area contributed by atoms with E-state index in [2.05, 4.69) is 19.9 Å². The van der Waals surface area contributed by atoms with Crippen molar-refractivity contribution in [2.45, 2.75) is 26.3 Å². The zero-order valence-corrected chi connectivity index (χ0v) is 8.50. The Morgan fingerprint density at radius 3 is 2.69 bits per heavy atom. The Kier molecular flexibility index (Phi) is 3.32. The fourth-order valence-corrected chi connectivity index (χ4v) is 1.36. The van der Waals surface area contributed by atoms with Crippen molar-refractivity contribution in [3.05, 3.63) is 29.3 Å². The molecular weight excluding hydrogens is 162 g/mol. The predicted octanol–water partition coefficient (Wildman–Crippen LogP) is 2.41. The van der Waals surface area contributed by atoms with Crippen LogP contribution in [0, 0.1) is 6.92 Å². The molecule has 0 saturated carbocycles. The Hall–Kier alpha value is -1.02. The van der Waals surface area contributed by atoms with E-state index in [1.165, 1.54) is 5.56 Å². The van der Waals surface area contributed by atoms with Crippen molar-refractivity contribution in [2.75, 3.05) is 7.11 Å². The Morgan fingerprint density at radius 1 is 1.46 bits per heavy atom. The van der Waals surface area contributed by atoms with E-state index in [0.29, 0.717) is 0 Å². The zero-order chi connectivity index (χ0) is 9.84. The van der Waals surface area contributed by atoms with E-state index in [4.69, 9.17) is 10.5 Å². The number of ether oxygens (including phenoxy) is 1. The minimum absolute atomic E-state index is 0.0786. The molecule has 0 fully saturated rings. The maximum absolute atomic E-state index is 5.96. The van der Waals surface area contributed by atoms with Gasteiger partial charge >= 0.3 is 0 Å². The average molecular weight is 179 g/mol. The molecule has 1 rings (SSSR count). The number of nitrogens with two attached hydrogens (primary N) is 1. The number of aryl methyl sites for hydroxylation is 1. The number of hydrogen-bond acceptors (Lipinski definition) is 2. The van der Waals surface area contributed by atoms with Gasteiger partial charge in [0.15, 0.2) is 0 Å². The quantitative estimate of drug-likeness (QED) is 0.773. The molecule has 1 aromatic carbocycles. The SMILES string of the molecule is CC[C@@H](N)c1cc(C)ccc1OC. The summed E-state index contributed by atoms with van der Waals surface area (Å²) in [5.74, 6) is 0.889. The first-order valence-corrected chi connectivity index (χ1v) is 4.59. The first-order valence-electron chi connectivity index (χ1n) is 4.59. The lowest BCUT2D eigenvalue weighted by atomic mass is 10.0. The number of benzene rings is 1. The Labute approximate surface area is 79.7 Å². The highest BCUT2D eigenvalue weighted by molar-refractivity contribution is 5.38. The van der Waals surface area contributed by atoms with Crippen LogP contribution in [0.3, 0.4) is 0 Å². The smallest absolute Gasteiger partial charge is 0.123 e. The molecule has 1 aromatic rings. The largest absolute Gasteiger partial charge is 0.496 e. The average Bonchev–Trinajstić information content (AvgIpc) is 2.16. The van der Waals surface area contributed by atoms with Gasteiger partial charge in [-0.3, -0.25) is 0 Å². The van der Waals surface area contributed by atoms with Crippen molar-refractivity contribution >= 4 is 0 Å². The van der Waals surface area contributed by atoms with Crippen LogP contribution in [0.4, 0.5) is 0 Å². The highest BCUT2D eigenvalue weighted by Gasteiger charge is 2.09. The molecule has 0 spiro atoms. The van der Waals surface area contributed by atoms with Crippen molar-refractivity contribution in [3.8, 4) is 5.75 Å². The van der Waals surface area contributed by atoms with Crippen LogP contribution in [0.15, 0.2) is 18.2 Å². The third-order valence-corrected chi connectivity index (χ3v) is 2.22. The molecule has 2 heteroatoms. The summed E-state index contributed by atoms with van der Waals surface area (Å²) in [6.07, 6.45) is 0.930. The lowest BCUT2D eigenvalue weighted by Gasteiger charge is -2.14. The minimum atomic E-state index is 0.0786. The lowest BCUT2D eigenvalue weighted by Crippen LogP contribution is -2.10. The first kappa shape index (κ1) is 10.1. The monoisotopic (exact) mass is 179 g/mol. The molecule has 0 aliphatic heterocycles. The van der Waals surface area contributed by atoms with Gasteiger partial charge in [0.2, 0.25) is 0 Å². The third kappa shape index (κ3) is 2.22. The molecule has 0 saturated heterocycles. The Morgan fingerprint density at radius 2 is 2.15 bits per heavy atom. The Balaban J connectivity index is 3.07. The van der Waals surface area contributed by atoms with E-state index in [-0.39, 0.29) is 6.04 Å². The number of rotatable bonds is 3. The van der Waals surface area contributed by atoms with Crippen LogP contribution < -0.4 is 10.5 Å². The van der Waals surface area contributed by atoms with E-state index in [9.17, 15) is 0 Å². The van der Waals surface area contributed by atoms with Crippen molar-refractivity contribution < 1.29 is 4.74 Å². The molecule has 0 aliphatic rings. The molecule has 0 aromatic heterocycles. The molecule has 0 bridgehead atoms. The molecule has 72 valence electrons. The molecule has 0 unspecified atom stereocenters. The maximum Gasteiger partial charge on any atom is 0.123 e. The molecular formula is C11H17NO. The third-order valence-electron chi connectivity index (χ3n) is 2.22. The molecule has 0 aliphatic carbocycles. The van der Waals surface area contributed by atoms with E-state index in [0.717, 1.165) is 17.7 Å². The van der Waals surface area contributed by atoms with Crippen LogP contribution in [-0.2, 0) is 0 Å². The van der Waals surface area contributed by atoms with Crippen LogP contribution >= 0.6 is 0 Å². The second kappa shape index (κ2) is 4.28. The summed E-state index contributed by atoms with van der Waals surface area (Å²) in [6, 6.07) is 6.17. The summed E-state index contributed by atoms with van der Waals surface area (Å²) in [5, 5.41) is 0. The van der Waals surface area contributed by atoms with Gasteiger partial charge < -0.3 is 10.5 Å². The van der Waals surface area contributed by atoms with Crippen LogP contribution in [0.1, 0.15) is 30.5 Å². The summed E-state index contributed by atoms with van der Waals surface area (Å²) in [7, 11) is 1.68. The van der Waals surface area contributed by atoms with Gasteiger partial charge in [-0.15, -0.1) is 0 Å². The van der Waals surface area contributed by atoms with Crippen LogP contribution in [0.2, 0.25) is 0 Å². The van der Waals surface area contributed by atoms with Crippen LogP contribution in [0.25, 0.3) is 0 Å². The van der Waals surface area contributed by atoms with E-state index in [1.807, 2.05) is 12.1 Å². The van der Waals surface area contributed by atoms with E-state index >= 15 is 0 Å². The Bertz CT molecular complexity index is 283. The van der Waals surface area contributed by atoms with Gasteiger partial charge in [0.05, 0.1) is 7.11 Å². The van der Waals surface area contributed by atoms with Crippen LogP contribution in [-0.4, -0.2) is 7.11 Å². The standard InChI is InChI=1S/C11H17NO/c1-4-10(12)9-7-8(2)5-6-11(9)13-3/h5-7,10H,4,12H2,1-3H3/t10-/m1/s1. The van der Waals surface area contributed by atoms with Gasteiger partial charge in [-0.25, -0.2) is 0 Å². The van der Waals surface area contributed by atoms with Crippen LogP contribution in [0.5, 0.6) is 5.75 Å². The van der Waals surface area contributed by atoms with Gasteiger partial charge in [0.1, 0.15) is 5.75 Å². The fourth-order valence-electron chi connectivity index (χ4n) is 1.36. The number of methoxy groups -OCH3 is 1. The first-order chi connectivity index (χ1) is 6.19. The van der Waals surface area contributed by atoms with E-state index < -0.39 is 0 Å². The molecule has 2 N–H and O–H groups in total. The second-order valence-electron chi connectivity index (χ2n) is 3.26. The van der Waals surface area contributed by atoms with Crippen molar-refractivity contribution in [2.24, 2.45) is 5.73 Å². The van der Waals surface area contributed by atoms with Crippen molar-refractivity contribution in [1.29, 1.82) is 0 Å². The van der Waals surface area contributed by atoms with E-state index in [1.54, 1.807) is 7.11 Å². The minimum Gasteiger partial charge on any atom is -0.496 e. The van der Waals surface area contributed by atoms with Gasteiger partial charge in [-0.2, -0.15) is 0 Å². The molecule has 0 heterocycles. The summed E-state index contributed by atoms with van der Waals surface area (Å²) in [4.78, 5) is 0. The number of hydrogen-bond donors (Lipinski definition) is 1. The summed E-state index contributed by atoms with van der Waals surface area (Å²) in [6.45, 7) is 4.14. The molecule has 2 nitrogen and oxygen atoms in total. The predicted molar refractivity (Wildman–Crippen MR) is 55.0 cm³/mol. The normalized spacial score (nSPS) is 12.6. The summed E-state index contributed by atoms with van der Waals surface area (Å²) >= 11 is 0. The van der Waals surface area contributed by atoms with Gasteiger partial charge in [-0.05, 0) is 19.4 Å². The highest BCUT2D eigenvalue weighted by Crippen LogP contribution is 2.26. The zero-order valence-electron chi connectivity index (χ0n) is 8.50. The topological polar surface area (TPSA) is 35.2 Å². The molecule has 1 atom stereocenters. The molecule has 0 radical (unpaired) electrons. The van der Waals surface area contributed by atoms with Crippen molar-refractivity contribution in [3.63, 3.8) is 0 Å². The second-order valence-corrected chi connectivity index (χ2v) is 3.26. The van der Waals surface area contributed by atoms with Gasteiger partial charge in [-0.1, -0.05) is 24.6 Å². The molecule has 0 amide bonds. The van der Waals surface area contributed by atoms with Crippen molar-refractivity contribution in [1.82, 2.24) is 0 Å². The van der Waals surface area contributed by atoms with Gasteiger partial charge in [0.25, 0.3) is 0 Å². The summed E-state index contributed by atoms with van der Waals surface area (Å²) < 4.78 is 5.24. The fraction of sp³-hybridized carbons (Fsp3) is 0.455.